The minimum absolute atomic E-state index is 0.00996. The molecule has 1 aliphatic carbocycles. The number of thioether (sulfide) groups is 1. The second-order valence-corrected chi connectivity index (χ2v) is 8.01. The average molecular weight is 362 g/mol. The number of rotatable bonds is 5. The summed E-state index contributed by atoms with van der Waals surface area (Å²) in [7, 11) is 0. The van der Waals surface area contributed by atoms with E-state index >= 15 is 0 Å². The van der Waals surface area contributed by atoms with Gasteiger partial charge in [-0.05, 0) is 49.3 Å². The lowest BCUT2D eigenvalue weighted by molar-refractivity contribution is 0.468. The van der Waals surface area contributed by atoms with Crippen LogP contribution in [0.2, 0.25) is 5.02 Å². The molecule has 1 aromatic carbocycles. The fraction of sp³-hybridized carbons (Fsp3) is 0.450. The number of halogens is 1. The zero-order valence-corrected chi connectivity index (χ0v) is 15.8. The van der Waals surface area contributed by atoms with Gasteiger partial charge in [0, 0.05) is 22.1 Å². The smallest absolute Gasteiger partial charge is 0.251 e. The topological polar surface area (TPSA) is 32.9 Å². The third-order valence-corrected chi connectivity index (χ3v) is 6.35. The van der Waals surface area contributed by atoms with Gasteiger partial charge in [-0.15, -0.1) is 11.8 Å². The molecule has 24 heavy (non-hydrogen) atoms. The molecule has 1 N–H and O–H groups in total. The lowest BCUT2D eigenvalue weighted by Crippen LogP contribution is -2.16. The molecule has 0 amide bonds. The Morgan fingerprint density at radius 2 is 2.00 bits per heavy atom. The highest BCUT2D eigenvalue weighted by molar-refractivity contribution is 7.98. The van der Waals surface area contributed by atoms with Crippen LogP contribution in [0, 0.1) is 12.8 Å². The molecule has 1 saturated carbocycles. The third kappa shape index (κ3) is 3.89. The summed E-state index contributed by atoms with van der Waals surface area (Å²) in [5, 5.41) is 0.797. The van der Waals surface area contributed by atoms with E-state index in [9.17, 15) is 4.79 Å². The number of aromatic nitrogens is 1. The monoisotopic (exact) mass is 361 g/mol. The summed E-state index contributed by atoms with van der Waals surface area (Å²) in [4.78, 5) is 16.3. The van der Waals surface area contributed by atoms with Crippen molar-refractivity contribution in [2.75, 3.05) is 6.26 Å². The van der Waals surface area contributed by atoms with Gasteiger partial charge in [0.15, 0.2) is 0 Å². The molecular formula is C20H24ClNOS. The second kappa shape index (κ2) is 7.79. The number of nitrogens with one attached hydrogen (secondary N) is 1. The molecule has 1 aromatic heterocycles. The molecule has 2 nitrogen and oxygen atoms in total. The Balaban J connectivity index is 1.98. The van der Waals surface area contributed by atoms with Gasteiger partial charge in [0.25, 0.3) is 5.56 Å². The molecule has 0 radical (unpaired) electrons. The minimum atomic E-state index is 0.00996. The van der Waals surface area contributed by atoms with Gasteiger partial charge in [0.05, 0.1) is 5.02 Å². The van der Waals surface area contributed by atoms with E-state index in [0.29, 0.717) is 0 Å². The molecule has 1 atom stereocenters. The number of hydrogen-bond donors (Lipinski definition) is 1. The Labute approximate surface area is 153 Å². The fourth-order valence-electron chi connectivity index (χ4n) is 3.69. The van der Waals surface area contributed by atoms with E-state index in [-0.39, 0.29) is 11.5 Å². The molecule has 0 bridgehead atoms. The predicted octanol–water partition coefficient (Wildman–Crippen LogP) is 5.77. The van der Waals surface area contributed by atoms with E-state index in [2.05, 4.69) is 29.2 Å². The van der Waals surface area contributed by atoms with Crippen LogP contribution < -0.4 is 5.56 Å². The SMILES string of the molecule is CSc1ccc(C(CC2CCCC2)c2ccc(C)c(=O)[nH]2)cc1Cl. The van der Waals surface area contributed by atoms with Gasteiger partial charge in [-0.1, -0.05) is 49.4 Å². The fourth-order valence-corrected chi connectivity index (χ4v) is 4.56. The van der Waals surface area contributed by atoms with Crippen molar-refractivity contribution in [3.8, 4) is 0 Å². The van der Waals surface area contributed by atoms with E-state index in [1.54, 1.807) is 11.8 Å². The van der Waals surface area contributed by atoms with E-state index in [1.807, 2.05) is 19.2 Å². The normalized spacial score (nSPS) is 16.5. The molecule has 1 fully saturated rings. The predicted molar refractivity (Wildman–Crippen MR) is 103 cm³/mol. The number of pyridine rings is 1. The molecule has 0 saturated heterocycles. The van der Waals surface area contributed by atoms with Crippen LogP contribution in [0.1, 0.15) is 54.8 Å². The molecule has 0 aliphatic heterocycles. The first-order valence-electron chi connectivity index (χ1n) is 8.61. The van der Waals surface area contributed by atoms with E-state index < -0.39 is 0 Å². The standard InChI is InChI=1S/C20H24ClNOS/c1-13-7-9-18(22-20(13)23)16(11-14-5-3-4-6-14)15-8-10-19(24-2)17(21)12-15/h7-10,12,14,16H,3-6,11H2,1-2H3,(H,22,23). The number of benzene rings is 1. The maximum atomic E-state index is 12.1. The van der Waals surface area contributed by atoms with Crippen molar-refractivity contribution < 1.29 is 0 Å². The van der Waals surface area contributed by atoms with Gasteiger partial charge in [0.2, 0.25) is 0 Å². The summed E-state index contributed by atoms with van der Waals surface area (Å²) in [6.07, 6.45) is 8.36. The Morgan fingerprint density at radius 3 is 2.62 bits per heavy atom. The van der Waals surface area contributed by atoms with Crippen LogP contribution in [-0.2, 0) is 0 Å². The van der Waals surface area contributed by atoms with Crippen LogP contribution in [0.15, 0.2) is 40.0 Å². The lowest BCUT2D eigenvalue weighted by Gasteiger charge is -2.22. The Hall–Kier alpha value is -1.19. The molecule has 1 heterocycles. The van der Waals surface area contributed by atoms with Crippen LogP contribution in [0.3, 0.4) is 0 Å². The molecule has 3 rings (SSSR count). The molecule has 2 aromatic rings. The highest BCUT2D eigenvalue weighted by Crippen LogP contribution is 2.38. The van der Waals surface area contributed by atoms with Crippen LogP contribution in [0.25, 0.3) is 0 Å². The Kier molecular flexibility index (Phi) is 5.72. The van der Waals surface area contributed by atoms with Crippen molar-refractivity contribution in [3.63, 3.8) is 0 Å². The average Bonchev–Trinajstić information content (AvgIpc) is 3.08. The lowest BCUT2D eigenvalue weighted by atomic mass is 9.85. The molecule has 1 aliphatic rings. The van der Waals surface area contributed by atoms with Crippen LogP contribution >= 0.6 is 23.4 Å². The van der Waals surface area contributed by atoms with Gasteiger partial charge in [-0.3, -0.25) is 4.79 Å². The Bertz CT molecular complexity index is 764. The molecule has 128 valence electrons. The molecule has 4 heteroatoms. The zero-order valence-electron chi connectivity index (χ0n) is 14.3. The van der Waals surface area contributed by atoms with Crippen molar-refractivity contribution in [1.29, 1.82) is 0 Å². The van der Waals surface area contributed by atoms with Crippen LogP contribution in [-0.4, -0.2) is 11.2 Å². The maximum absolute atomic E-state index is 12.1. The van der Waals surface area contributed by atoms with Crippen molar-refractivity contribution in [2.24, 2.45) is 5.92 Å². The van der Waals surface area contributed by atoms with E-state index in [4.69, 9.17) is 11.6 Å². The summed E-state index contributed by atoms with van der Waals surface area (Å²) >= 11 is 8.10. The Morgan fingerprint density at radius 1 is 1.25 bits per heavy atom. The first-order valence-corrected chi connectivity index (χ1v) is 10.2. The molecule has 0 spiro atoms. The first-order chi connectivity index (χ1) is 11.6. The summed E-state index contributed by atoms with van der Waals surface area (Å²) in [6.45, 7) is 1.85. The highest BCUT2D eigenvalue weighted by atomic mass is 35.5. The number of aryl methyl sites for hydroxylation is 1. The summed E-state index contributed by atoms with van der Waals surface area (Å²) in [5.41, 5.74) is 2.97. The van der Waals surface area contributed by atoms with Crippen molar-refractivity contribution in [1.82, 2.24) is 4.98 Å². The van der Waals surface area contributed by atoms with Crippen molar-refractivity contribution >= 4 is 23.4 Å². The van der Waals surface area contributed by atoms with Gasteiger partial charge < -0.3 is 4.98 Å². The van der Waals surface area contributed by atoms with Crippen molar-refractivity contribution in [3.05, 3.63) is 62.5 Å². The zero-order chi connectivity index (χ0) is 17.1. The number of hydrogen-bond acceptors (Lipinski definition) is 2. The van der Waals surface area contributed by atoms with Gasteiger partial charge in [0.1, 0.15) is 0 Å². The minimum Gasteiger partial charge on any atom is -0.325 e. The maximum Gasteiger partial charge on any atom is 0.251 e. The van der Waals surface area contributed by atoms with Crippen LogP contribution in [0.5, 0.6) is 0 Å². The summed E-state index contributed by atoms with van der Waals surface area (Å²) in [5.74, 6) is 0.939. The molecule has 1 unspecified atom stereocenters. The second-order valence-electron chi connectivity index (χ2n) is 6.76. The van der Waals surface area contributed by atoms with E-state index in [1.165, 1.54) is 31.2 Å². The number of aromatic amines is 1. The summed E-state index contributed by atoms with van der Waals surface area (Å²) in [6, 6.07) is 10.3. The quantitative estimate of drug-likeness (QED) is 0.685. The van der Waals surface area contributed by atoms with Crippen molar-refractivity contribution in [2.45, 2.75) is 49.8 Å². The van der Waals surface area contributed by atoms with E-state index in [0.717, 1.165) is 33.5 Å². The summed E-state index contributed by atoms with van der Waals surface area (Å²) < 4.78 is 0. The molecular weight excluding hydrogens is 338 g/mol. The van der Waals surface area contributed by atoms with Crippen LogP contribution in [0.4, 0.5) is 0 Å². The third-order valence-electron chi connectivity index (χ3n) is 5.13. The first kappa shape index (κ1) is 17.6. The largest absolute Gasteiger partial charge is 0.325 e. The van der Waals surface area contributed by atoms with Gasteiger partial charge in [-0.25, -0.2) is 0 Å². The highest BCUT2D eigenvalue weighted by Gasteiger charge is 2.24. The van der Waals surface area contributed by atoms with Gasteiger partial charge >= 0.3 is 0 Å². The number of H-pyrrole nitrogens is 1. The van der Waals surface area contributed by atoms with Gasteiger partial charge in [-0.2, -0.15) is 0 Å².